The fraction of sp³-hybridized carbons (Fsp3) is 0.593. The molecule has 0 aliphatic rings. The number of rotatable bonds is 36. The minimum absolute atomic E-state index is 0.326. The second kappa shape index (κ2) is 30.8. The second-order valence-corrected chi connectivity index (χ2v) is 29.0. The predicted octanol–water partition coefficient (Wildman–Crippen LogP) is 24.3. The highest BCUT2D eigenvalue weighted by Crippen LogP contribution is 2.66. The number of alkyl halides is 52. The minimum atomic E-state index is -8.36. The fourth-order valence-corrected chi connectivity index (χ4v) is 14.5. The molecule has 54 heteroatoms. The third kappa shape index (κ3) is 17.0. The van der Waals surface area contributed by atoms with Crippen LogP contribution in [0.15, 0.2) is 97.1 Å². The van der Waals surface area contributed by atoms with Crippen LogP contribution in [0.4, 0.5) is 228 Å². The van der Waals surface area contributed by atoms with E-state index in [1.54, 1.807) is 0 Å². The van der Waals surface area contributed by atoms with Crippen LogP contribution in [0.2, 0.25) is 0 Å². The Hall–Kier alpha value is -5.90. The third-order valence-corrected chi connectivity index (χ3v) is 21.9. The van der Waals surface area contributed by atoms with Crippen molar-refractivity contribution in [1.29, 1.82) is 0 Å². The van der Waals surface area contributed by atoms with E-state index in [0.29, 0.717) is 97.1 Å². The van der Waals surface area contributed by atoms with Gasteiger partial charge in [-0.3, -0.25) is 0 Å². The van der Waals surface area contributed by atoms with Gasteiger partial charge >= 0.3 is 143 Å². The lowest BCUT2D eigenvalue weighted by Gasteiger charge is -2.39. The van der Waals surface area contributed by atoms with Gasteiger partial charge in [0.25, 0.3) is 0 Å². The number of aryl methyl sites for hydroxylation is 4. The van der Waals surface area contributed by atoms with E-state index in [1.807, 2.05) is 0 Å². The van der Waals surface area contributed by atoms with Crippen molar-refractivity contribution in [2.75, 3.05) is 12.3 Å². The van der Waals surface area contributed by atoms with E-state index < -0.39 is 251 Å². The van der Waals surface area contributed by atoms with Gasteiger partial charge in [-0.15, -0.1) is 0 Å². The number of hydrogen-bond acceptors (Lipinski definition) is 0. The van der Waals surface area contributed by atoms with Gasteiger partial charge in [0.05, 0.1) is 0 Å². The first-order valence-corrected chi connectivity index (χ1v) is 32.5. The molecule has 4 aromatic rings. The lowest BCUT2D eigenvalue weighted by atomic mass is 9.91. The summed E-state index contributed by atoms with van der Waals surface area (Å²) in [4.78, 5) is 0. The van der Waals surface area contributed by atoms with Crippen LogP contribution < -0.4 is 21.2 Å². The zero-order chi connectivity index (χ0) is 88.9. The molecule has 0 atom stereocenters. The molecule has 0 aliphatic heterocycles. The van der Waals surface area contributed by atoms with E-state index in [-0.39, 0.29) is 21.2 Å². The van der Waals surface area contributed by atoms with Crippen molar-refractivity contribution >= 4 is 37.1 Å². The number of halogens is 52. The Balaban J connectivity index is 1.87. The van der Waals surface area contributed by atoms with Crippen LogP contribution in [0.25, 0.3) is 0 Å². The highest BCUT2D eigenvalue weighted by Gasteiger charge is 2.95. The van der Waals surface area contributed by atoms with Crippen LogP contribution in [0, 0.1) is 0 Å². The second-order valence-electron chi connectivity index (χ2n) is 24.3. The lowest BCUT2D eigenvalue weighted by Crippen LogP contribution is -2.70. The number of hydrogen-bond donors (Lipinski definition) is 0. The normalized spacial score (nSPS) is 15.6. The van der Waals surface area contributed by atoms with Crippen LogP contribution in [-0.2, 0) is 25.7 Å². The molecular formula is C59H38F52P2. The molecular weight excluding hydrogens is 1760 g/mol. The number of benzene rings is 4. The van der Waals surface area contributed by atoms with Crippen LogP contribution in [-0.4, -0.2) is 155 Å². The van der Waals surface area contributed by atoms with Gasteiger partial charge in [-0.25, -0.2) is 0 Å². The first-order chi connectivity index (χ1) is 49.7. The average molecular weight is 1800 g/mol. The van der Waals surface area contributed by atoms with Crippen molar-refractivity contribution in [3.05, 3.63) is 119 Å². The first-order valence-electron chi connectivity index (χ1n) is 29.5. The molecule has 0 saturated heterocycles. The van der Waals surface area contributed by atoms with Gasteiger partial charge in [0.2, 0.25) is 0 Å². The van der Waals surface area contributed by atoms with Gasteiger partial charge in [0.15, 0.2) is 0 Å². The molecule has 0 aliphatic carbocycles. The summed E-state index contributed by atoms with van der Waals surface area (Å²) in [7, 11) is -5.08. The summed E-state index contributed by atoms with van der Waals surface area (Å²) in [5, 5.41) is -1.30. The predicted molar refractivity (Wildman–Crippen MR) is 289 cm³/mol. The molecule has 0 bridgehead atoms. The molecule has 4 rings (SSSR count). The summed E-state index contributed by atoms with van der Waals surface area (Å²) in [5.41, 5.74) is -3.41. The summed E-state index contributed by atoms with van der Waals surface area (Å²) in [6.07, 6.45) is -51.9. The molecule has 0 nitrogen and oxygen atoms in total. The molecule has 0 saturated carbocycles. The van der Waals surface area contributed by atoms with Crippen LogP contribution in [0.5, 0.6) is 0 Å². The fourth-order valence-electron chi connectivity index (χ4n) is 9.61. The molecule has 4 aromatic carbocycles. The van der Waals surface area contributed by atoms with Gasteiger partial charge in [0, 0.05) is 25.7 Å². The minimum Gasteiger partial charge on any atom is -0.200 e. The largest absolute Gasteiger partial charge is 0.460 e. The van der Waals surface area contributed by atoms with E-state index in [2.05, 4.69) is 0 Å². The molecule has 0 fully saturated rings. The van der Waals surface area contributed by atoms with Crippen molar-refractivity contribution in [1.82, 2.24) is 0 Å². The monoisotopic (exact) mass is 1800 g/mol. The first kappa shape index (κ1) is 99.5. The smallest absolute Gasteiger partial charge is 0.200 e. The van der Waals surface area contributed by atoms with Crippen molar-refractivity contribution in [2.45, 2.75) is 201 Å². The molecule has 0 amide bonds. The summed E-state index contributed by atoms with van der Waals surface area (Å²) < 4.78 is 719. The standard InChI is InChI=1S/C59H38F52P2/c60-36(61,40(68,69)44(76,77)48(84,85)52(92,93)56(100,101)102)22-18-28-2-10-32(11-3-28)112(33-12-4-29(5-13-33)19-23-37(62,63)41(70,71)45(78,79)49(86,87)53(94,95)57(103,104)105)26-1-27-113(34-14-6-30(7-15-34)20-24-38(64,65)42(72,73)46(80,81)50(88,89)54(96,97)58(106,107)108)35-16-8-31(9-17-35)21-25-39(66,67)43(74,75)47(82,83)51(90,91)55(98,99)59(109,110)111/h2-17H,1,18-27H2. The Morgan fingerprint density at radius 3 is 0.407 bits per heavy atom. The Bertz CT molecular complexity index is 3330. The van der Waals surface area contributed by atoms with Crippen molar-refractivity contribution < 1.29 is 228 Å². The molecule has 0 heterocycles. The third-order valence-electron chi connectivity index (χ3n) is 16.7. The zero-order valence-electron chi connectivity index (χ0n) is 53.6. The van der Waals surface area contributed by atoms with Gasteiger partial charge < -0.3 is 0 Å². The highest BCUT2D eigenvalue weighted by atomic mass is 31.1. The van der Waals surface area contributed by atoms with Crippen molar-refractivity contribution in [3.63, 3.8) is 0 Å². The average Bonchev–Trinajstić information content (AvgIpc) is 0.727. The topological polar surface area (TPSA) is 0 Å². The van der Waals surface area contributed by atoms with E-state index in [9.17, 15) is 228 Å². The maximum Gasteiger partial charge on any atom is 0.460 e. The van der Waals surface area contributed by atoms with Gasteiger partial charge in [-0.05, 0) is 104 Å². The molecule has 0 unspecified atom stereocenters. The SMILES string of the molecule is FC(F)(F)C(F)(F)C(F)(F)C(F)(F)C(F)(F)C(F)(F)CCc1ccc(P(CCCP(c2ccc(CCC(F)(F)C(F)(F)C(F)(F)C(F)(F)C(F)(F)C(F)(F)F)cc2)c2ccc(CCC(F)(F)C(F)(F)C(F)(F)C(F)(F)C(F)(F)C(F)(F)F)cc2)c2ccc(CCC(F)(F)C(F)(F)C(F)(F)C(F)(F)C(F)(F)C(F)(F)F)cc2)cc1. The summed E-state index contributed by atoms with van der Waals surface area (Å²) in [5.74, 6) is -157. The van der Waals surface area contributed by atoms with Crippen LogP contribution in [0.1, 0.15) is 54.4 Å². The van der Waals surface area contributed by atoms with Gasteiger partial charge in [-0.2, -0.15) is 228 Å². The van der Waals surface area contributed by atoms with E-state index >= 15 is 0 Å². The van der Waals surface area contributed by atoms with Gasteiger partial charge in [0.1, 0.15) is 0 Å². The Kier molecular flexibility index (Phi) is 27.1. The van der Waals surface area contributed by atoms with E-state index in [0.717, 1.165) is 0 Å². The molecule has 0 N–H and O–H groups in total. The Morgan fingerprint density at radius 1 is 0.159 bits per heavy atom. The lowest BCUT2D eigenvalue weighted by molar-refractivity contribution is -0.440. The van der Waals surface area contributed by atoms with Crippen molar-refractivity contribution in [2.24, 2.45) is 0 Å². The quantitative estimate of drug-likeness (QED) is 0.0314. The van der Waals surface area contributed by atoms with E-state index in [1.165, 1.54) is 0 Å². The maximum atomic E-state index is 14.8. The van der Waals surface area contributed by atoms with Crippen LogP contribution >= 0.6 is 15.8 Å². The summed E-state index contributed by atoms with van der Waals surface area (Å²) in [6, 6.07) is 9.56. The van der Waals surface area contributed by atoms with Crippen molar-refractivity contribution in [3.8, 4) is 0 Å². The Labute approximate surface area is 597 Å². The molecule has 0 radical (unpaired) electrons. The molecule has 648 valence electrons. The Morgan fingerprint density at radius 2 is 0.283 bits per heavy atom. The molecule has 113 heavy (non-hydrogen) atoms. The molecule has 0 spiro atoms. The molecule has 0 aromatic heterocycles. The summed E-state index contributed by atoms with van der Waals surface area (Å²) >= 11 is 0. The van der Waals surface area contributed by atoms with E-state index in [4.69, 9.17) is 0 Å². The zero-order valence-corrected chi connectivity index (χ0v) is 55.4. The maximum absolute atomic E-state index is 14.8. The highest BCUT2D eigenvalue weighted by molar-refractivity contribution is 7.74. The summed E-state index contributed by atoms with van der Waals surface area (Å²) in [6.45, 7) is 0. The van der Waals surface area contributed by atoms with Crippen LogP contribution in [0.3, 0.4) is 0 Å². The van der Waals surface area contributed by atoms with Gasteiger partial charge in [-0.1, -0.05) is 97.1 Å².